The number of aromatic nitrogens is 1. The molecule has 2 aromatic heterocycles. The summed E-state index contributed by atoms with van der Waals surface area (Å²) in [6, 6.07) is 14.8. The van der Waals surface area contributed by atoms with Crippen molar-refractivity contribution in [1.82, 2.24) is 15.2 Å². The molecule has 6 nitrogen and oxygen atoms in total. The Balaban J connectivity index is 1.42. The van der Waals surface area contributed by atoms with Gasteiger partial charge in [-0.05, 0) is 41.5 Å². The molecule has 1 saturated heterocycles. The monoisotopic (exact) mass is 393 g/mol. The van der Waals surface area contributed by atoms with Crippen LogP contribution in [0.25, 0.3) is 0 Å². The van der Waals surface area contributed by atoms with Crippen LogP contribution in [0.2, 0.25) is 0 Å². The molecule has 0 radical (unpaired) electrons. The van der Waals surface area contributed by atoms with Crippen LogP contribution >= 0.6 is 11.8 Å². The van der Waals surface area contributed by atoms with E-state index in [1.54, 1.807) is 47.5 Å². The first-order valence-electron chi connectivity index (χ1n) is 8.91. The minimum absolute atomic E-state index is 0.0786. The van der Waals surface area contributed by atoms with E-state index >= 15 is 0 Å². The molecule has 1 atom stereocenters. The Morgan fingerprint density at radius 3 is 2.79 bits per heavy atom. The average molecular weight is 393 g/mol. The topological polar surface area (TPSA) is 75.4 Å². The second-order valence-electron chi connectivity index (χ2n) is 6.43. The molecule has 1 aromatic carbocycles. The van der Waals surface area contributed by atoms with Crippen molar-refractivity contribution in [3.63, 3.8) is 0 Å². The minimum atomic E-state index is -0.141. The molecule has 2 amide bonds. The standard InChI is InChI=1S/C21H19N3O3S/c25-19-14-28-21(24(19)13-18-4-2-10-27-18)17-7-5-16(6-8-17)20(26)23-12-15-3-1-9-22-11-15/h1-11,21H,12-14H2,(H,23,26)/t21-/m0/s1. The second kappa shape index (κ2) is 8.31. The molecule has 4 rings (SSSR count). The van der Waals surface area contributed by atoms with E-state index in [1.807, 2.05) is 36.4 Å². The van der Waals surface area contributed by atoms with Crippen molar-refractivity contribution in [2.75, 3.05) is 5.75 Å². The van der Waals surface area contributed by atoms with Crippen molar-refractivity contribution in [2.24, 2.45) is 0 Å². The van der Waals surface area contributed by atoms with Crippen molar-refractivity contribution in [2.45, 2.75) is 18.5 Å². The summed E-state index contributed by atoms with van der Waals surface area (Å²) in [4.78, 5) is 30.5. The normalized spacial score (nSPS) is 16.4. The third kappa shape index (κ3) is 4.09. The summed E-state index contributed by atoms with van der Waals surface area (Å²) in [6.45, 7) is 0.870. The lowest BCUT2D eigenvalue weighted by molar-refractivity contribution is -0.128. The van der Waals surface area contributed by atoms with Gasteiger partial charge in [-0.15, -0.1) is 11.8 Å². The van der Waals surface area contributed by atoms with Crippen LogP contribution in [0.3, 0.4) is 0 Å². The van der Waals surface area contributed by atoms with Gasteiger partial charge in [0.25, 0.3) is 5.91 Å². The summed E-state index contributed by atoms with van der Waals surface area (Å²) >= 11 is 1.58. The van der Waals surface area contributed by atoms with E-state index in [2.05, 4.69) is 10.3 Å². The van der Waals surface area contributed by atoms with Crippen molar-refractivity contribution >= 4 is 23.6 Å². The number of benzene rings is 1. The highest BCUT2D eigenvalue weighted by atomic mass is 32.2. The summed E-state index contributed by atoms with van der Waals surface area (Å²) in [5.41, 5.74) is 2.52. The number of hydrogen-bond acceptors (Lipinski definition) is 5. The Hall–Kier alpha value is -3.06. The molecule has 142 valence electrons. The molecular weight excluding hydrogens is 374 g/mol. The molecule has 1 aliphatic rings. The number of carbonyl (C=O) groups is 2. The van der Waals surface area contributed by atoms with Gasteiger partial charge in [-0.25, -0.2) is 0 Å². The van der Waals surface area contributed by atoms with Gasteiger partial charge in [0.15, 0.2) is 0 Å². The average Bonchev–Trinajstić information content (AvgIpc) is 3.38. The van der Waals surface area contributed by atoms with Crippen molar-refractivity contribution < 1.29 is 14.0 Å². The van der Waals surface area contributed by atoms with Gasteiger partial charge in [-0.3, -0.25) is 14.6 Å². The number of carbonyl (C=O) groups excluding carboxylic acids is 2. The van der Waals surface area contributed by atoms with E-state index < -0.39 is 0 Å². The second-order valence-corrected chi connectivity index (χ2v) is 7.50. The molecule has 0 aliphatic carbocycles. The van der Waals surface area contributed by atoms with Gasteiger partial charge < -0.3 is 14.6 Å². The largest absolute Gasteiger partial charge is 0.467 e. The first-order chi connectivity index (χ1) is 13.7. The van der Waals surface area contributed by atoms with Crippen LogP contribution in [0.5, 0.6) is 0 Å². The third-order valence-corrected chi connectivity index (χ3v) is 5.76. The summed E-state index contributed by atoms with van der Waals surface area (Å²) in [6.07, 6.45) is 5.03. The van der Waals surface area contributed by atoms with Gasteiger partial charge in [-0.2, -0.15) is 0 Å². The lowest BCUT2D eigenvalue weighted by atomic mass is 10.1. The summed E-state index contributed by atoms with van der Waals surface area (Å²) < 4.78 is 5.38. The SMILES string of the molecule is O=C(NCc1cccnc1)c1ccc([C@@H]2SCC(=O)N2Cc2ccco2)cc1. The van der Waals surface area contributed by atoms with Crippen LogP contribution in [0.1, 0.15) is 32.6 Å². The molecule has 1 aliphatic heterocycles. The first-order valence-corrected chi connectivity index (χ1v) is 9.96. The van der Waals surface area contributed by atoms with Gasteiger partial charge in [-0.1, -0.05) is 18.2 Å². The fourth-order valence-electron chi connectivity index (χ4n) is 3.06. The Kier molecular flexibility index (Phi) is 5.43. The number of hydrogen-bond donors (Lipinski definition) is 1. The lowest BCUT2D eigenvalue weighted by Crippen LogP contribution is -2.27. The Bertz CT molecular complexity index is 943. The highest BCUT2D eigenvalue weighted by Crippen LogP contribution is 2.39. The fraction of sp³-hybridized carbons (Fsp3) is 0.190. The van der Waals surface area contributed by atoms with Gasteiger partial charge in [0.1, 0.15) is 11.1 Å². The zero-order valence-corrected chi connectivity index (χ0v) is 15.9. The van der Waals surface area contributed by atoms with Crippen LogP contribution in [0, 0.1) is 0 Å². The van der Waals surface area contributed by atoms with E-state index in [9.17, 15) is 9.59 Å². The predicted molar refractivity (Wildman–Crippen MR) is 106 cm³/mol. The lowest BCUT2D eigenvalue weighted by Gasteiger charge is -2.23. The first kappa shape index (κ1) is 18.3. The molecule has 1 N–H and O–H groups in total. The van der Waals surface area contributed by atoms with E-state index in [0.29, 0.717) is 24.4 Å². The molecule has 0 saturated carbocycles. The highest BCUT2D eigenvalue weighted by molar-refractivity contribution is 8.00. The minimum Gasteiger partial charge on any atom is -0.467 e. The van der Waals surface area contributed by atoms with Crippen LogP contribution < -0.4 is 5.32 Å². The number of amides is 2. The predicted octanol–water partition coefficient (Wildman–Crippen LogP) is 3.38. The van der Waals surface area contributed by atoms with E-state index in [-0.39, 0.29) is 17.2 Å². The number of pyridine rings is 1. The van der Waals surface area contributed by atoms with Crippen molar-refractivity contribution in [3.8, 4) is 0 Å². The molecule has 1 fully saturated rings. The fourth-order valence-corrected chi connectivity index (χ4v) is 4.25. The molecular formula is C21H19N3O3S. The Morgan fingerprint density at radius 1 is 1.21 bits per heavy atom. The number of nitrogens with zero attached hydrogens (tertiary/aromatic N) is 2. The Labute approximate surface area is 166 Å². The number of rotatable bonds is 6. The maximum Gasteiger partial charge on any atom is 0.251 e. The summed E-state index contributed by atoms with van der Waals surface area (Å²) in [7, 11) is 0. The number of furan rings is 1. The van der Waals surface area contributed by atoms with Crippen LogP contribution in [-0.4, -0.2) is 27.5 Å². The molecule has 0 bridgehead atoms. The highest BCUT2D eigenvalue weighted by Gasteiger charge is 2.33. The zero-order chi connectivity index (χ0) is 19.3. The Morgan fingerprint density at radius 2 is 2.07 bits per heavy atom. The van der Waals surface area contributed by atoms with E-state index in [0.717, 1.165) is 16.9 Å². The van der Waals surface area contributed by atoms with Crippen LogP contribution in [0.15, 0.2) is 71.6 Å². The molecule has 7 heteroatoms. The third-order valence-electron chi connectivity index (χ3n) is 4.51. The number of thioether (sulfide) groups is 1. The molecule has 0 spiro atoms. The molecule has 3 aromatic rings. The number of nitrogens with one attached hydrogen (secondary N) is 1. The van der Waals surface area contributed by atoms with E-state index in [1.165, 1.54) is 0 Å². The van der Waals surface area contributed by atoms with Crippen LogP contribution in [0.4, 0.5) is 0 Å². The molecule has 3 heterocycles. The maximum absolute atomic E-state index is 12.4. The molecule has 28 heavy (non-hydrogen) atoms. The maximum atomic E-state index is 12.4. The smallest absolute Gasteiger partial charge is 0.251 e. The van der Waals surface area contributed by atoms with E-state index in [4.69, 9.17) is 4.42 Å². The van der Waals surface area contributed by atoms with Crippen molar-refractivity contribution in [1.29, 1.82) is 0 Å². The summed E-state index contributed by atoms with van der Waals surface area (Å²) in [5.74, 6) is 1.15. The van der Waals surface area contributed by atoms with Gasteiger partial charge in [0.2, 0.25) is 5.91 Å². The van der Waals surface area contributed by atoms with Gasteiger partial charge in [0, 0.05) is 24.5 Å². The zero-order valence-electron chi connectivity index (χ0n) is 15.1. The van der Waals surface area contributed by atoms with Gasteiger partial charge >= 0.3 is 0 Å². The van der Waals surface area contributed by atoms with Crippen molar-refractivity contribution in [3.05, 3.63) is 89.6 Å². The van der Waals surface area contributed by atoms with Crippen LogP contribution in [-0.2, 0) is 17.9 Å². The summed E-state index contributed by atoms with van der Waals surface area (Å²) in [5, 5.41) is 2.81. The van der Waals surface area contributed by atoms with Gasteiger partial charge in [0.05, 0.1) is 18.6 Å². The quantitative estimate of drug-likeness (QED) is 0.695. The molecule has 0 unspecified atom stereocenters.